The number of piperazine rings is 1. The highest BCUT2D eigenvalue weighted by molar-refractivity contribution is 5.94. The Morgan fingerprint density at radius 3 is 1.90 bits per heavy atom. The molecule has 160 valence electrons. The number of anilines is 1. The molecule has 0 aliphatic carbocycles. The molecule has 1 saturated heterocycles. The lowest BCUT2D eigenvalue weighted by Gasteiger charge is -2.34. The first-order valence-corrected chi connectivity index (χ1v) is 10.2. The molecular weight excluding hydrogens is 382 g/mol. The fraction of sp³-hybridized carbons (Fsp3) is 0.391. The first-order valence-electron chi connectivity index (χ1n) is 10.2. The van der Waals surface area contributed by atoms with Crippen molar-refractivity contribution in [1.82, 2.24) is 9.80 Å². The van der Waals surface area contributed by atoms with Crippen LogP contribution in [-0.4, -0.2) is 75.1 Å². The molecule has 2 aromatic carbocycles. The molecule has 2 amide bonds. The number of amides is 2. The average Bonchev–Trinajstić information content (AvgIpc) is 2.78. The van der Waals surface area contributed by atoms with Crippen LogP contribution in [0.25, 0.3) is 0 Å². The van der Waals surface area contributed by atoms with E-state index in [0.717, 1.165) is 11.4 Å². The van der Waals surface area contributed by atoms with Gasteiger partial charge in [0, 0.05) is 51.5 Å². The van der Waals surface area contributed by atoms with Crippen molar-refractivity contribution in [2.75, 3.05) is 58.4 Å². The summed E-state index contributed by atoms with van der Waals surface area (Å²) in [7, 11) is 3.93. The molecule has 1 fully saturated rings. The molecule has 0 aromatic heterocycles. The third kappa shape index (κ3) is 5.43. The zero-order valence-electron chi connectivity index (χ0n) is 17.8. The zero-order valence-corrected chi connectivity index (χ0v) is 17.8. The average molecular weight is 412 g/mol. The van der Waals surface area contributed by atoms with Gasteiger partial charge in [-0.05, 0) is 55.5 Å². The van der Waals surface area contributed by atoms with Gasteiger partial charge in [0.2, 0.25) is 0 Å². The maximum Gasteiger partial charge on any atom is 0.260 e. The maximum atomic E-state index is 12.7. The van der Waals surface area contributed by atoms with E-state index in [2.05, 4.69) is 0 Å². The fourth-order valence-electron chi connectivity index (χ4n) is 3.28. The van der Waals surface area contributed by atoms with Gasteiger partial charge in [0.25, 0.3) is 11.8 Å². The van der Waals surface area contributed by atoms with Crippen molar-refractivity contribution in [3.63, 3.8) is 0 Å². The third-order valence-corrected chi connectivity index (χ3v) is 5.05. The van der Waals surface area contributed by atoms with Gasteiger partial charge in [-0.15, -0.1) is 0 Å². The van der Waals surface area contributed by atoms with E-state index in [1.54, 1.807) is 21.9 Å². The zero-order chi connectivity index (χ0) is 21.5. The van der Waals surface area contributed by atoms with E-state index in [9.17, 15) is 9.59 Å². The van der Waals surface area contributed by atoms with Crippen LogP contribution in [0.5, 0.6) is 11.5 Å². The Morgan fingerprint density at radius 2 is 1.37 bits per heavy atom. The van der Waals surface area contributed by atoms with Crippen LogP contribution in [0.2, 0.25) is 0 Å². The van der Waals surface area contributed by atoms with Crippen molar-refractivity contribution >= 4 is 17.5 Å². The molecule has 0 spiro atoms. The van der Waals surface area contributed by atoms with E-state index in [0.29, 0.717) is 44.1 Å². The Morgan fingerprint density at radius 1 is 0.833 bits per heavy atom. The first-order chi connectivity index (χ1) is 14.5. The number of hydrogen-bond donors (Lipinski definition) is 0. The molecule has 0 bridgehead atoms. The standard InChI is InChI=1S/C23H29N3O4/c1-4-29-20-9-11-21(12-10-20)30-17-22(27)25-13-15-26(16-14-25)23(28)18-5-7-19(8-6-18)24(2)3/h5-12H,4,13-17H2,1-3H3. The van der Waals surface area contributed by atoms with Gasteiger partial charge in [0.1, 0.15) is 11.5 Å². The van der Waals surface area contributed by atoms with Crippen molar-refractivity contribution in [3.8, 4) is 11.5 Å². The van der Waals surface area contributed by atoms with Crippen LogP contribution >= 0.6 is 0 Å². The predicted molar refractivity (Wildman–Crippen MR) is 116 cm³/mol. The normalized spacial score (nSPS) is 13.7. The molecule has 7 nitrogen and oxygen atoms in total. The number of benzene rings is 2. The maximum absolute atomic E-state index is 12.7. The number of carbonyl (C=O) groups is 2. The lowest BCUT2D eigenvalue weighted by atomic mass is 10.1. The number of rotatable bonds is 7. The molecule has 1 heterocycles. The van der Waals surface area contributed by atoms with Crippen molar-refractivity contribution in [2.24, 2.45) is 0 Å². The number of hydrogen-bond acceptors (Lipinski definition) is 5. The van der Waals surface area contributed by atoms with E-state index >= 15 is 0 Å². The predicted octanol–water partition coefficient (Wildman–Crippen LogP) is 2.51. The molecule has 0 saturated carbocycles. The fourth-order valence-corrected chi connectivity index (χ4v) is 3.28. The van der Waals surface area contributed by atoms with Crippen molar-refractivity contribution in [1.29, 1.82) is 0 Å². The van der Waals surface area contributed by atoms with Crippen LogP contribution in [-0.2, 0) is 4.79 Å². The van der Waals surface area contributed by atoms with Gasteiger partial charge in [0.05, 0.1) is 6.61 Å². The van der Waals surface area contributed by atoms with Gasteiger partial charge in [-0.3, -0.25) is 9.59 Å². The molecule has 30 heavy (non-hydrogen) atoms. The molecule has 1 aliphatic rings. The highest BCUT2D eigenvalue weighted by Crippen LogP contribution is 2.18. The lowest BCUT2D eigenvalue weighted by molar-refractivity contribution is -0.134. The van der Waals surface area contributed by atoms with E-state index < -0.39 is 0 Å². The van der Waals surface area contributed by atoms with Crippen molar-refractivity contribution in [3.05, 3.63) is 54.1 Å². The van der Waals surface area contributed by atoms with E-state index in [-0.39, 0.29) is 18.4 Å². The van der Waals surface area contributed by atoms with Crippen molar-refractivity contribution < 1.29 is 19.1 Å². The molecule has 1 aliphatic heterocycles. The second kappa shape index (κ2) is 10.0. The Labute approximate surface area is 177 Å². The Kier molecular flexibility index (Phi) is 7.17. The SMILES string of the molecule is CCOc1ccc(OCC(=O)N2CCN(C(=O)c3ccc(N(C)C)cc3)CC2)cc1. The molecular formula is C23H29N3O4. The summed E-state index contributed by atoms with van der Waals surface area (Å²) in [6.07, 6.45) is 0. The van der Waals surface area contributed by atoms with Gasteiger partial charge in [-0.1, -0.05) is 0 Å². The van der Waals surface area contributed by atoms with Crippen LogP contribution in [0, 0.1) is 0 Å². The highest BCUT2D eigenvalue weighted by Gasteiger charge is 2.25. The summed E-state index contributed by atoms with van der Waals surface area (Å²) in [6, 6.07) is 14.8. The summed E-state index contributed by atoms with van der Waals surface area (Å²) < 4.78 is 11.0. The molecule has 2 aromatic rings. The Hall–Kier alpha value is -3.22. The minimum absolute atomic E-state index is 0.00181. The van der Waals surface area contributed by atoms with Gasteiger partial charge in [-0.2, -0.15) is 0 Å². The van der Waals surface area contributed by atoms with Crippen LogP contribution in [0.4, 0.5) is 5.69 Å². The minimum Gasteiger partial charge on any atom is -0.494 e. The smallest absolute Gasteiger partial charge is 0.260 e. The van der Waals surface area contributed by atoms with E-state index in [1.165, 1.54) is 0 Å². The van der Waals surface area contributed by atoms with Crippen LogP contribution < -0.4 is 14.4 Å². The third-order valence-electron chi connectivity index (χ3n) is 5.05. The summed E-state index contributed by atoms with van der Waals surface area (Å²) in [5.74, 6) is 1.32. The molecule has 0 N–H and O–H groups in total. The van der Waals surface area contributed by atoms with Gasteiger partial charge in [-0.25, -0.2) is 0 Å². The van der Waals surface area contributed by atoms with Gasteiger partial charge < -0.3 is 24.2 Å². The molecule has 0 unspecified atom stereocenters. The topological polar surface area (TPSA) is 62.3 Å². The monoisotopic (exact) mass is 411 g/mol. The number of nitrogens with zero attached hydrogens (tertiary/aromatic N) is 3. The minimum atomic E-state index is -0.0775. The Bertz CT molecular complexity index is 842. The largest absolute Gasteiger partial charge is 0.494 e. The molecule has 3 rings (SSSR count). The second-order valence-corrected chi connectivity index (χ2v) is 7.31. The van der Waals surface area contributed by atoms with E-state index in [4.69, 9.17) is 9.47 Å². The molecule has 0 radical (unpaired) electrons. The van der Waals surface area contributed by atoms with Gasteiger partial charge in [0.15, 0.2) is 6.61 Å². The van der Waals surface area contributed by atoms with Gasteiger partial charge >= 0.3 is 0 Å². The summed E-state index contributed by atoms with van der Waals surface area (Å²) in [6.45, 7) is 4.56. The Balaban J connectivity index is 1.46. The number of ether oxygens (including phenoxy) is 2. The van der Waals surface area contributed by atoms with E-state index in [1.807, 2.05) is 62.3 Å². The number of carbonyl (C=O) groups excluding carboxylic acids is 2. The summed E-state index contributed by atoms with van der Waals surface area (Å²) in [4.78, 5) is 30.7. The van der Waals surface area contributed by atoms with Crippen LogP contribution in [0.3, 0.4) is 0 Å². The quantitative estimate of drug-likeness (QED) is 0.701. The molecule has 7 heteroatoms. The summed E-state index contributed by atoms with van der Waals surface area (Å²) in [5, 5.41) is 0. The van der Waals surface area contributed by atoms with Crippen LogP contribution in [0.1, 0.15) is 17.3 Å². The summed E-state index contributed by atoms with van der Waals surface area (Å²) >= 11 is 0. The first kappa shape index (κ1) is 21.5. The van der Waals surface area contributed by atoms with Crippen LogP contribution in [0.15, 0.2) is 48.5 Å². The lowest BCUT2D eigenvalue weighted by Crippen LogP contribution is -2.51. The molecule has 0 atom stereocenters. The summed E-state index contributed by atoms with van der Waals surface area (Å²) in [5.41, 5.74) is 1.72. The van der Waals surface area contributed by atoms with Crippen molar-refractivity contribution in [2.45, 2.75) is 6.92 Å². The second-order valence-electron chi connectivity index (χ2n) is 7.31. The highest BCUT2D eigenvalue weighted by atomic mass is 16.5.